The first kappa shape index (κ1) is 9.21. The maximum Gasteiger partial charge on any atom is 0.112 e. The quantitative estimate of drug-likeness (QED) is 0.745. The zero-order valence-electron chi connectivity index (χ0n) is 7.40. The lowest BCUT2D eigenvalue weighted by Gasteiger charge is -2.26. The number of ether oxygens (including phenoxy) is 1. The molecule has 2 unspecified atom stereocenters. The minimum absolute atomic E-state index is 0.245. The van der Waals surface area contributed by atoms with Crippen LogP contribution in [0, 0.1) is 5.92 Å². The summed E-state index contributed by atoms with van der Waals surface area (Å²) in [5.74, 6) is 0.715. The van der Waals surface area contributed by atoms with Crippen LogP contribution in [0.2, 0.25) is 0 Å². The number of hydrogen-bond donors (Lipinski definition) is 0. The minimum Gasteiger partial charge on any atom is -0.367 e. The van der Waals surface area contributed by atoms with Gasteiger partial charge in [-0.25, -0.2) is 4.98 Å². The van der Waals surface area contributed by atoms with Crippen molar-refractivity contribution in [2.45, 2.75) is 24.4 Å². The van der Waals surface area contributed by atoms with Gasteiger partial charge in [0, 0.05) is 25.5 Å². The predicted octanol–water partition coefficient (Wildman–Crippen LogP) is 2.03. The van der Waals surface area contributed by atoms with Gasteiger partial charge in [-0.15, -0.1) is 0 Å². The van der Waals surface area contributed by atoms with E-state index < -0.39 is 0 Å². The summed E-state index contributed by atoms with van der Waals surface area (Å²) in [6.45, 7) is 1.93. The first-order chi connectivity index (χ1) is 6.34. The summed E-state index contributed by atoms with van der Waals surface area (Å²) in [6.07, 6.45) is 7.96. The van der Waals surface area contributed by atoms with Crippen LogP contribution in [-0.4, -0.2) is 21.2 Å². The second-order valence-electron chi connectivity index (χ2n) is 3.43. The molecule has 1 aliphatic rings. The second kappa shape index (κ2) is 4.24. The zero-order valence-corrected chi connectivity index (χ0v) is 8.98. The molecule has 0 aliphatic carbocycles. The Morgan fingerprint density at radius 1 is 1.62 bits per heavy atom. The third kappa shape index (κ3) is 2.54. The van der Waals surface area contributed by atoms with Crippen molar-refractivity contribution in [2.24, 2.45) is 5.92 Å². The summed E-state index contributed by atoms with van der Waals surface area (Å²) in [5, 5.41) is 0.245. The van der Waals surface area contributed by atoms with Gasteiger partial charge in [0.25, 0.3) is 0 Å². The molecule has 4 heteroatoms. The second-order valence-corrected chi connectivity index (χ2v) is 4.45. The van der Waals surface area contributed by atoms with E-state index in [4.69, 9.17) is 4.74 Å². The van der Waals surface area contributed by atoms with Crippen LogP contribution in [0.4, 0.5) is 0 Å². The topological polar surface area (TPSA) is 27.1 Å². The molecule has 1 aliphatic heterocycles. The van der Waals surface area contributed by atoms with Gasteiger partial charge in [0.05, 0.1) is 6.33 Å². The van der Waals surface area contributed by atoms with E-state index in [1.165, 1.54) is 0 Å². The molecule has 3 nitrogen and oxygen atoms in total. The van der Waals surface area contributed by atoms with Crippen molar-refractivity contribution in [2.75, 3.05) is 6.61 Å². The largest absolute Gasteiger partial charge is 0.367 e. The molecule has 2 atom stereocenters. The molecule has 2 heterocycles. The van der Waals surface area contributed by atoms with E-state index in [1.807, 2.05) is 18.7 Å². The lowest BCUT2D eigenvalue weighted by atomic mass is 10.0. The van der Waals surface area contributed by atoms with Gasteiger partial charge in [0.2, 0.25) is 0 Å². The van der Waals surface area contributed by atoms with E-state index >= 15 is 0 Å². The number of alkyl halides is 1. The summed E-state index contributed by atoms with van der Waals surface area (Å²) >= 11 is 3.49. The molecule has 2 rings (SSSR count). The highest BCUT2D eigenvalue weighted by molar-refractivity contribution is 9.09. The fourth-order valence-electron chi connectivity index (χ4n) is 1.67. The van der Waals surface area contributed by atoms with E-state index in [0.29, 0.717) is 5.92 Å². The van der Waals surface area contributed by atoms with Crippen LogP contribution in [0.5, 0.6) is 0 Å². The van der Waals surface area contributed by atoms with E-state index in [1.54, 1.807) is 0 Å². The van der Waals surface area contributed by atoms with E-state index in [2.05, 4.69) is 25.5 Å². The van der Waals surface area contributed by atoms with Gasteiger partial charge < -0.3 is 9.30 Å². The fourth-order valence-corrected chi connectivity index (χ4v) is 2.38. The molecule has 1 aromatic heterocycles. The maximum absolute atomic E-state index is 5.42. The highest BCUT2D eigenvalue weighted by Gasteiger charge is 2.20. The molecule has 13 heavy (non-hydrogen) atoms. The normalized spacial score (nSPS) is 29.0. The Balaban J connectivity index is 1.87. The molecule has 72 valence electrons. The Hall–Kier alpha value is -0.350. The molecule has 0 radical (unpaired) electrons. The van der Waals surface area contributed by atoms with Crippen molar-refractivity contribution in [1.82, 2.24) is 9.55 Å². The average Bonchev–Trinajstić information content (AvgIpc) is 2.57. The molecule has 0 N–H and O–H groups in total. The van der Waals surface area contributed by atoms with Crippen molar-refractivity contribution in [3.05, 3.63) is 18.7 Å². The van der Waals surface area contributed by atoms with Gasteiger partial charge in [0.1, 0.15) is 5.01 Å². The Labute approximate surface area is 86.2 Å². The van der Waals surface area contributed by atoms with Gasteiger partial charge in [-0.05, 0) is 18.8 Å². The van der Waals surface area contributed by atoms with E-state index in [9.17, 15) is 0 Å². The van der Waals surface area contributed by atoms with Gasteiger partial charge in [0.15, 0.2) is 0 Å². The minimum atomic E-state index is 0.245. The first-order valence-corrected chi connectivity index (χ1v) is 5.47. The fraction of sp³-hybridized carbons (Fsp3) is 0.667. The van der Waals surface area contributed by atoms with Crippen LogP contribution >= 0.6 is 15.9 Å². The number of halogens is 1. The van der Waals surface area contributed by atoms with Crippen LogP contribution in [0.1, 0.15) is 12.8 Å². The molecule has 0 spiro atoms. The monoisotopic (exact) mass is 244 g/mol. The highest BCUT2D eigenvalue weighted by Crippen LogP contribution is 2.24. The van der Waals surface area contributed by atoms with Crippen molar-refractivity contribution in [3.8, 4) is 0 Å². The predicted molar refractivity (Wildman–Crippen MR) is 53.6 cm³/mol. The number of hydrogen-bond acceptors (Lipinski definition) is 2. The standard InChI is InChI=1S/C9H13BrN2O/c10-9-5-8(1-4-13-9)6-12-3-2-11-7-12/h2-3,7-9H,1,4-6H2. The lowest BCUT2D eigenvalue weighted by molar-refractivity contribution is 0.0433. The first-order valence-electron chi connectivity index (χ1n) is 4.56. The molecule has 0 amide bonds. The van der Waals surface area contributed by atoms with Gasteiger partial charge in [-0.1, -0.05) is 15.9 Å². The van der Waals surface area contributed by atoms with Crippen molar-refractivity contribution < 1.29 is 4.74 Å². The van der Waals surface area contributed by atoms with Gasteiger partial charge in [-0.3, -0.25) is 0 Å². The van der Waals surface area contributed by atoms with Crippen LogP contribution in [-0.2, 0) is 11.3 Å². The molecule has 1 saturated heterocycles. The van der Waals surface area contributed by atoms with E-state index in [-0.39, 0.29) is 5.01 Å². The third-order valence-electron chi connectivity index (χ3n) is 2.37. The van der Waals surface area contributed by atoms with Crippen molar-refractivity contribution in [1.29, 1.82) is 0 Å². The van der Waals surface area contributed by atoms with Crippen LogP contribution < -0.4 is 0 Å². The Morgan fingerprint density at radius 3 is 3.23 bits per heavy atom. The summed E-state index contributed by atoms with van der Waals surface area (Å²) in [6, 6.07) is 0. The molecule has 0 aromatic carbocycles. The van der Waals surface area contributed by atoms with Crippen LogP contribution in [0.25, 0.3) is 0 Å². The number of rotatable bonds is 2. The maximum atomic E-state index is 5.42. The number of aromatic nitrogens is 2. The number of imidazole rings is 1. The van der Waals surface area contributed by atoms with Crippen molar-refractivity contribution in [3.63, 3.8) is 0 Å². The molecule has 0 bridgehead atoms. The van der Waals surface area contributed by atoms with Crippen LogP contribution in [0.3, 0.4) is 0 Å². The average molecular weight is 245 g/mol. The third-order valence-corrected chi connectivity index (χ3v) is 3.01. The Morgan fingerprint density at radius 2 is 2.54 bits per heavy atom. The van der Waals surface area contributed by atoms with Gasteiger partial charge in [-0.2, -0.15) is 0 Å². The van der Waals surface area contributed by atoms with Gasteiger partial charge >= 0.3 is 0 Å². The van der Waals surface area contributed by atoms with Crippen LogP contribution in [0.15, 0.2) is 18.7 Å². The number of nitrogens with zero attached hydrogens (tertiary/aromatic N) is 2. The molecule has 0 saturated carbocycles. The SMILES string of the molecule is BrC1CC(Cn2ccnc2)CCO1. The molecule has 1 aromatic rings. The lowest BCUT2D eigenvalue weighted by Crippen LogP contribution is -2.24. The highest BCUT2D eigenvalue weighted by atomic mass is 79.9. The van der Waals surface area contributed by atoms with Crippen molar-refractivity contribution >= 4 is 15.9 Å². The summed E-state index contributed by atoms with van der Waals surface area (Å²) in [7, 11) is 0. The smallest absolute Gasteiger partial charge is 0.112 e. The Kier molecular flexibility index (Phi) is 3.01. The molecule has 1 fully saturated rings. The summed E-state index contributed by atoms with van der Waals surface area (Å²) in [5.41, 5.74) is 0. The molecular weight excluding hydrogens is 232 g/mol. The summed E-state index contributed by atoms with van der Waals surface area (Å²) < 4.78 is 7.55. The molecular formula is C9H13BrN2O. The summed E-state index contributed by atoms with van der Waals surface area (Å²) in [4.78, 5) is 4.03. The Bertz CT molecular complexity index is 250. The van der Waals surface area contributed by atoms with E-state index in [0.717, 1.165) is 26.0 Å². The zero-order chi connectivity index (χ0) is 9.10.